The first-order chi connectivity index (χ1) is 8.59. The zero-order valence-corrected chi connectivity index (χ0v) is 11.6. The average molecular weight is 254 g/mol. The molecular formula is C14H26N2O2. The van der Waals surface area contributed by atoms with Crippen molar-refractivity contribution >= 4 is 5.91 Å². The maximum absolute atomic E-state index is 12.7. The number of aliphatic hydroxyl groups is 1. The number of carbonyl (C=O) groups excluding carboxylic acids is 1. The number of nitrogens with zero attached hydrogens (tertiary/aromatic N) is 1. The van der Waals surface area contributed by atoms with Gasteiger partial charge in [-0.3, -0.25) is 4.79 Å². The van der Waals surface area contributed by atoms with E-state index in [2.05, 4.69) is 19.2 Å². The number of aliphatic hydroxyl groups excluding tert-OH is 1. The second-order valence-electron chi connectivity index (χ2n) is 6.04. The molecule has 4 nitrogen and oxygen atoms in total. The zero-order valence-electron chi connectivity index (χ0n) is 11.6. The molecule has 2 rings (SSSR count). The van der Waals surface area contributed by atoms with Gasteiger partial charge in [0.15, 0.2) is 0 Å². The summed E-state index contributed by atoms with van der Waals surface area (Å²) in [6.45, 7) is 7.28. The quantitative estimate of drug-likeness (QED) is 0.790. The third-order valence-corrected chi connectivity index (χ3v) is 4.63. The lowest BCUT2D eigenvalue weighted by Gasteiger charge is -2.39. The highest BCUT2D eigenvalue weighted by atomic mass is 16.3. The fraction of sp³-hybridized carbons (Fsp3) is 0.929. The van der Waals surface area contributed by atoms with Crippen LogP contribution in [0.3, 0.4) is 0 Å². The molecule has 0 radical (unpaired) electrons. The first-order valence-electron chi connectivity index (χ1n) is 7.27. The molecule has 0 aromatic heterocycles. The van der Waals surface area contributed by atoms with E-state index in [-0.39, 0.29) is 17.4 Å². The Labute approximate surface area is 110 Å². The molecule has 2 heterocycles. The molecule has 2 fully saturated rings. The predicted octanol–water partition coefficient (Wildman–Crippen LogP) is 0.995. The summed E-state index contributed by atoms with van der Waals surface area (Å²) in [6.07, 6.45) is 3.52. The van der Waals surface area contributed by atoms with E-state index in [4.69, 9.17) is 0 Å². The van der Waals surface area contributed by atoms with Crippen LogP contribution < -0.4 is 5.32 Å². The number of β-amino-alcohol motifs (C(OH)–C–C–N with tert-alkyl or cyclic N) is 1. The normalized spacial score (nSPS) is 36.9. The molecule has 2 aliphatic heterocycles. The van der Waals surface area contributed by atoms with Crippen molar-refractivity contribution in [2.75, 3.05) is 26.2 Å². The molecule has 0 spiro atoms. The van der Waals surface area contributed by atoms with Gasteiger partial charge in [0.05, 0.1) is 11.5 Å². The Morgan fingerprint density at radius 2 is 2.33 bits per heavy atom. The molecule has 3 unspecified atom stereocenters. The Morgan fingerprint density at radius 1 is 1.56 bits per heavy atom. The third kappa shape index (κ3) is 2.54. The fourth-order valence-corrected chi connectivity index (χ4v) is 3.29. The summed E-state index contributed by atoms with van der Waals surface area (Å²) in [6, 6.07) is 0. The summed E-state index contributed by atoms with van der Waals surface area (Å²) in [7, 11) is 0. The van der Waals surface area contributed by atoms with E-state index in [1.54, 1.807) is 0 Å². The van der Waals surface area contributed by atoms with E-state index in [0.717, 1.165) is 45.3 Å². The van der Waals surface area contributed by atoms with E-state index in [1.165, 1.54) is 0 Å². The van der Waals surface area contributed by atoms with Crippen LogP contribution in [0.25, 0.3) is 0 Å². The van der Waals surface area contributed by atoms with Gasteiger partial charge in [-0.15, -0.1) is 0 Å². The van der Waals surface area contributed by atoms with Crippen LogP contribution in [0.4, 0.5) is 0 Å². The van der Waals surface area contributed by atoms with Crippen LogP contribution in [-0.4, -0.2) is 48.2 Å². The van der Waals surface area contributed by atoms with Crippen LogP contribution in [0.15, 0.2) is 0 Å². The molecule has 0 aliphatic carbocycles. The Hall–Kier alpha value is -0.610. The minimum absolute atomic E-state index is 0.199. The maximum atomic E-state index is 12.7. The van der Waals surface area contributed by atoms with Crippen molar-refractivity contribution in [2.45, 2.75) is 45.6 Å². The lowest BCUT2D eigenvalue weighted by molar-refractivity contribution is -0.146. The number of piperidine rings is 1. The number of nitrogens with one attached hydrogen (secondary N) is 1. The largest absolute Gasteiger partial charge is 0.391 e. The molecular weight excluding hydrogens is 228 g/mol. The summed E-state index contributed by atoms with van der Waals surface area (Å²) in [5, 5.41) is 13.3. The number of hydrogen-bond donors (Lipinski definition) is 2. The highest BCUT2D eigenvalue weighted by Gasteiger charge is 2.44. The summed E-state index contributed by atoms with van der Waals surface area (Å²) in [4.78, 5) is 14.6. The Bertz CT molecular complexity index is 300. The summed E-state index contributed by atoms with van der Waals surface area (Å²) < 4.78 is 0. The first kappa shape index (κ1) is 13.8. The topological polar surface area (TPSA) is 52.6 Å². The summed E-state index contributed by atoms with van der Waals surface area (Å²) in [5.74, 6) is 0.582. The Balaban J connectivity index is 2.05. The molecule has 2 aliphatic rings. The van der Waals surface area contributed by atoms with Crippen LogP contribution in [0, 0.1) is 11.3 Å². The number of amides is 1. The van der Waals surface area contributed by atoms with E-state index >= 15 is 0 Å². The predicted molar refractivity (Wildman–Crippen MR) is 71.2 cm³/mol. The van der Waals surface area contributed by atoms with Crippen LogP contribution >= 0.6 is 0 Å². The Morgan fingerprint density at radius 3 is 2.89 bits per heavy atom. The molecule has 2 saturated heterocycles. The molecule has 0 aromatic carbocycles. The molecule has 18 heavy (non-hydrogen) atoms. The van der Waals surface area contributed by atoms with Gasteiger partial charge in [-0.1, -0.05) is 20.3 Å². The molecule has 2 N–H and O–H groups in total. The van der Waals surface area contributed by atoms with E-state index in [0.29, 0.717) is 12.5 Å². The summed E-state index contributed by atoms with van der Waals surface area (Å²) >= 11 is 0. The van der Waals surface area contributed by atoms with Gasteiger partial charge in [0, 0.05) is 19.6 Å². The maximum Gasteiger partial charge on any atom is 0.230 e. The van der Waals surface area contributed by atoms with Crippen LogP contribution in [-0.2, 0) is 4.79 Å². The zero-order chi connectivity index (χ0) is 13.2. The standard InChI is InChI=1S/C14H26N2O2/c1-3-5-14(6-7-15-10-14)13(18)16-8-4-11(2)12(17)9-16/h11-12,15,17H,3-10H2,1-2H3. The van der Waals surface area contributed by atoms with Gasteiger partial charge in [-0.2, -0.15) is 0 Å². The Kier molecular flexibility index (Phi) is 4.28. The monoisotopic (exact) mass is 254 g/mol. The number of hydrogen-bond acceptors (Lipinski definition) is 3. The van der Waals surface area contributed by atoms with Gasteiger partial charge in [0.2, 0.25) is 5.91 Å². The molecule has 0 bridgehead atoms. The van der Waals surface area contributed by atoms with E-state index < -0.39 is 0 Å². The molecule has 104 valence electrons. The van der Waals surface area contributed by atoms with Gasteiger partial charge in [-0.05, 0) is 31.7 Å². The minimum Gasteiger partial charge on any atom is -0.391 e. The van der Waals surface area contributed by atoms with Gasteiger partial charge < -0.3 is 15.3 Å². The van der Waals surface area contributed by atoms with Crippen molar-refractivity contribution < 1.29 is 9.90 Å². The van der Waals surface area contributed by atoms with Crippen molar-refractivity contribution in [2.24, 2.45) is 11.3 Å². The highest BCUT2D eigenvalue weighted by molar-refractivity contribution is 5.83. The van der Waals surface area contributed by atoms with Crippen molar-refractivity contribution in [1.82, 2.24) is 10.2 Å². The number of likely N-dealkylation sites (tertiary alicyclic amines) is 1. The van der Waals surface area contributed by atoms with Crippen molar-refractivity contribution in [1.29, 1.82) is 0 Å². The molecule has 1 amide bonds. The number of rotatable bonds is 3. The lowest BCUT2D eigenvalue weighted by Crippen LogP contribution is -2.52. The molecule has 0 saturated carbocycles. The SMILES string of the molecule is CCCC1(C(=O)N2CCC(C)C(O)C2)CCNC1. The van der Waals surface area contributed by atoms with E-state index in [1.807, 2.05) is 4.90 Å². The highest BCUT2D eigenvalue weighted by Crippen LogP contribution is 2.34. The first-order valence-corrected chi connectivity index (χ1v) is 7.27. The molecule has 4 heteroatoms. The third-order valence-electron chi connectivity index (χ3n) is 4.63. The van der Waals surface area contributed by atoms with E-state index in [9.17, 15) is 9.90 Å². The second kappa shape index (κ2) is 5.57. The lowest BCUT2D eigenvalue weighted by atomic mass is 9.80. The van der Waals surface area contributed by atoms with Gasteiger partial charge in [0.1, 0.15) is 0 Å². The second-order valence-corrected chi connectivity index (χ2v) is 6.04. The van der Waals surface area contributed by atoms with Crippen LogP contribution in [0.2, 0.25) is 0 Å². The minimum atomic E-state index is -0.351. The molecule has 3 atom stereocenters. The van der Waals surface area contributed by atoms with Crippen LogP contribution in [0.5, 0.6) is 0 Å². The number of carbonyl (C=O) groups is 1. The molecule has 0 aromatic rings. The smallest absolute Gasteiger partial charge is 0.230 e. The van der Waals surface area contributed by atoms with Crippen LogP contribution in [0.1, 0.15) is 39.5 Å². The van der Waals surface area contributed by atoms with Gasteiger partial charge >= 0.3 is 0 Å². The summed E-state index contributed by atoms with van der Waals surface area (Å²) in [5.41, 5.74) is -0.199. The van der Waals surface area contributed by atoms with Crippen molar-refractivity contribution in [3.63, 3.8) is 0 Å². The van der Waals surface area contributed by atoms with Gasteiger partial charge in [0.25, 0.3) is 0 Å². The van der Waals surface area contributed by atoms with Gasteiger partial charge in [-0.25, -0.2) is 0 Å². The van der Waals surface area contributed by atoms with Crippen molar-refractivity contribution in [3.8, 4) is 0 Å². The average Bonchev–Trinajstić information content (AvgIpc) is 2.82. The fourth-order valence-electron chi connectivity index (χ4n) is 3.29. The van der Waals surface area contributed by atoms with Crippen molar-refractivity contribution in [3.05, 3.63) is 0 Å².